The van der Waals surface area contributed by atoms with E-state index in [0.717, 1.165) is 63.4 Å². The van der Waals surface area contributed by atoms with Crippen LogP contribution in [0, 0.1) is 5.82 Å². The molecule has 2 fully saturated rings. The first kappa shape index (κ1) is 18.0. The highest BCUT2D eigenvalue weighted by molar-refractivity contribution is 5.83. The molecule has 0 bridgehead atoms. The number of benzene rings is 2. The first-order chi connectivity index (χ1) is 13.2. The number of carbonyl (C=O) groups is 1. The second kappa shape index (κ2) is 8.09. The van der Waals surface area contributed by atoms with Gasteiger partial charge in [-0.2, -0.15) is 0 Å². The molecule has 2 saturated heterocycles. The third kappa shape index (κ3) is 3.98. The van der Waals surface area contributed by atoms with Gasteiger partial charge in [-0.15, -0.1) is 0 Å². The number of carbonyl (C=O) groups excluding carboxylic acids is 1. The van der Waals surface area contributed by atoms with Crippen LogP contribution in [0.5, 0.6) is 0 Å². The van der Waals surface area contributed by atoms with Gasteiger partial charge in [-0.05, 0) is 42.7 Å². The maximum absolute atomic E-state index is 13.3. The van der Waals surface area contributed by atoms with Crippen LogP contribution < -0.4 is 4.90 Å². The Labute approximate surface area is 160 Å². The molecule has 27 heavy (non-hydrogen) atoms. The van der Waals surface area contributed by atoms with Crippen LogP contribution in [0.4, 0.5) is 10.1 Å². The number of hydrogen-bond acceptors (Lipinski definition) is 3. The Bertz CT molecular complexity index is 751. The van der Waals surface area contributed by atoms with Crippen LogP contribution in [-0.2, 0) is 4.79 Å². The molecule has 2 aliphatic heterocycles. The van der Waals surface area contributed by atoms with Gasteiger partial charge in [0.1, 0.15) is 11.9 Å². The van der Waals surface area contributed by atoms with Gasteiger partial charge in [-0.3, -0.25) is 9.69 Å². The van der Waals surface area contributed by atoms with Gasteiger partial charge in [-0.1, -0.05) is 30.3 Å². The Morgan fingerprint density at radius 3 is 2.07 bits per heavy atom. The number of halogens is 1. The third-order valence-corrected chi connectivity index (χ3v) is 5.64. The molecule has 0 radical (unpaired) electrons. The summed E-state index contributed by atoms with van der Waals surface area (Å²) < 4.78 is 13.2. The second-order valence-electron chi connectivity index (χ2n) is 7.35. The van der Waals surface area contributed by atoms with E-state index in [-0.39, 0.29) is 17.8 Å². The van der Waals surface area contributed by atoms with Crippen molar-refractivity contribution in [2.24, 2.45) is 0 Å². The maximum atomic E-state index is 13.3. The molecule has 4 nitrogen and oxygen atoms in total. The zero-order valence-electron chi connectivity index (χ0n) is 15.6. The highest BCUT2D eigenvalue weighted by atomic mass is 19.1. The van der Waals surface area contributed by atoms with E-state index in [1.807, 2.05) is 35.2 Å². The average molecular weight is 367 g/mol. The van der Waals surface area contributed by atoms with E-state index < -0.39 is 0 Å². The van der Waals surface area contributed by atoms with Gasteiger partial charge in [0.05, 0.1) is 0 Å². The minimum atomic E-state index is -0.210. The van der Waals surface area contributed by atoms with Gasteiger partial charge in [0.2, 0.25) is 5.91 Å². The summed E-state index contributed by atoms with van der Waals surface area (Å²) in [5.74, 6) is 0.0201. The summed E-state index contributed by atoms with van der Waals surface area (Å²) in [6.07, 6.45) is 2.21. The van der Waals surface area contributed by atoms with E-state index in [1.54, 1.807) is 0 Å². The zero-order valence-corrected chi connectivity index (χ0v) is 15.6. The lowest BCUT2D eigenvalue weighted by molar-refractivity contribution is -0.136. The Balaban J connectivity index is 1.49. The second-order valence-corrected chi connectivity index (χ2v) is 7.35. The lowest BCUT2D eigenvalue weighted by Gasteiger charge is -2.40. The topological polar surface area (TPSA) is 26.8 Å². The quantitative estimate of drug-likeness (QED) is 0.830. The van der Waals surface area contributed by atoms with Crippen molar-refractivity contribution >= 4 is 11.6 Å². The van der Waals surface area contributed by atoms with Crippen molar-refractivity contribution in [3.63, 3.8) is 0 Å². The molecule has 4 rings (SSSR count). The van der Waals surface area contributed by atoms with Gasteiger partial charge in [0.15, 0.2) is 0 Å². The van der Waals surface area contributed by atoms with Crippen molar-refractivity contribution in [3.05, 3.63) is 66.0 Å². The van der Waals surface area contributed by atoms with Gasteiger partial charge in [-0.25, -0.2) is 4.39 Å². The summed E-state index contributed by atoms with van der Waals surface area (Å²) in [6.45, 7) is 5.05. The van der Waals surface area contributed by atoms with Crippen molar-refractivity contribution in [3.8, 4) is 0 Å². The van der Waals surface area contributed by atoms with E-state index in [9.17, 15) is 9.18 Å². The van der Waals surface area contributed by atoms with Crippen LogP contribution in [0.1, 0.15) is 24.4 Å². The third-order valence-electron chi connectivity index (χ3n) is 5.64. The van der Waals surface area contributed by atoms with Gasteiger partial charge < -0.3 is 9.80 Å². The number of nitrogens with zero attached hydrogens (tertiary/aromatic N) is 3. The molecule has 0 N–H and O–H groups in total. The fourth-order valence-electron chi connectivity index (χ4n) is 4.15. The molecular formula is C22H26FN3O. The fourth-order valence-corrected chi connectivity index (χ4v) is 4.15. The molecule has 2 heterocycles. The van der Waals surface area contributed by atoms with Crippen LogP contribution in [-0.4, -0.2) is 55.0 Å². The van der Waals surface area contributed by atoms with E-state index in [2.05, 4.69) is 21.9 Å². The van der Waals surface area contributed by atoms with Crippen molar-refractivity contribution in [1.29, 1.82) is 0 Å². The van der Waals surface area contributed by atoms with Crippen LogP contribution in [0.2, 0.25) is 0 Å². The van der Waals surface area contributed by atoms with E-state index in [1.165, 1.54) is 12.1 Å². The highest BCUT2D eigenvalue weighted by Crippen LogP contribution is 2.27. The predicted octanol–water partition coefficient (Wildman–Crippen LogP) is 3.31. The molecule has 2 aromatic carbocycles. The molecule has 5 heteroatoms. The number of anilines is 1. The number of hydrogen-bond donors (Lipinski definition) is 0. The SMILES string of the molecule is O=C(C(c1ccccc1)N1CCN(c2ccc(F)cc2)CC1)N1CCCC1. The van der Waals surface area contributed by atoms with Gasteiger partial charge >= 0.3 is 0 Å². The largest absolute Gasteiger partial charge is 0.369 e. The Morgan fingerprint density at radius 2 is 1.44 bits per heavy atom. The molecule has 1 amide bonds. The van der Waals surface area contributed by atoms with Crippen LogP contribution in [0.15, 0.2) is 54.6 Å². The molecule has 0 aromatic heterocycles. The summed E-state index contributed by atoms with van der Waals surface area (Å²) in [6, 6.07) is 16.6. The van der Waals surface area contributed by atoms with E-state index in [4.69, 9.17) is 0 Å². The minimum Gasteiger partial charge on any atom is -0.369 e. The number of piperazine rings is 1. The molecule has 2 aromatic rings. The van der Waals surface area contributed by atoms with Crippen LogP contribution in [0.25, 0.3) is 0 Å². The average Bonchev–Trinajstić information content (AvgIpc) is 3.25. The van der Waals surface area contributed by atoms with Crippen molar-refractivity contribution in [2.45, 2.75) is 18.9 Å². The molecule has 0 aliphatic carbocycles. The van der Waals surface area contributed by atoms with E-state index >= 15 is 0 Å². The summed E-state index contributed by atoms with van der Waals surface area (Å²) in [4.78, 5) is 19.8. The normalized spacial score (nSPS) is 19.3. The monoisotopic (exact) mass is 367 g/mol. The Morgan fingerprint density at radius 1 is 0.815 bits per heavy atom. The molecule has 0 spiro atoms. The fraction of sp³-hybridized carbons (Fsp3) is 0.409. The first-order valence-electron chi connectivity index (χ1n) is 9.81. The van der Waals surface area contributed by atoms with Crippen molar-refractivity contribution in [2.75, 3.05) is 44.2 Å². The number of likely N-dealkylation sites (tertiary alicyclic amines) is 1. The van der Waals surface area contributed by atoms with Crippen LogP contribution in [0.3, 0.4) is 0 Å². The lowest BCUT2D eigenvalue weighted by atomic mass is 10.0. The molecular weight excluding hydrogens is 341 g/mol. The highest BCUT2D eigenvalue weighted by Gasteiger charge is 2.34. The summed E-state index contributed by atoms with van der Waals surface area (Å²) in [5, 5.41) is 0. The van der Waals surface area contributed by atoms with Gasteiger partial charge in [0, 0.05) is 45.0 Å². The first-order valence-corrected chi connectivity index (χ1v) is 9.81. The molecule has 0 saturated carbocycles. The Kier molecular flexibility index (Phi) is 5.39. The summed E-state index contributed by atoms with van der Waals surface area (Å²) in [5.41, 5.74) is 2.11. The lowest BCUT2D eigenvalue weighted by Crippen LogP contribution is -2.51. The van der Waals surface area contributed by atoms with Gasteiger partial charge in [0.25, 0.3) is 0 Å². The smallest absolute Gasteiger partial charge is 0.244 e. The maximum Gasteiger partial charge on any atom is 0.244 e. The molecule has 1 unspecified atom stereocenters. The number of rotatable bonds is 4. The Hall–Kier alpha value is -2.40. The molecule has 1 atom stereocenters. The molecule has 142 valence electrons. The summed E-state index contributed by atoms with van der Waals surface area (Å²) in [7, 11) is 0. The van der Waals surface area contributed by atoms with Crippen molar-refractivity contribution in [1.82, 2.24) is 9.80 Å². The zero-order chi connectivity index (χ0) is 18.6. The number of amides is 1. The summed E-state index contributed by atoms with van der Waals surface area (Å²) >= 11 is 0. The van der Waals surface area contributed by atoms with Crippen LogP contribution >= 0.6 is 0 Å². The molecule has 2 aliphatic rings. The minimum absolute atomic E-state index is 0.209. The predicted molar refractivity (Wildman–Crippen MR) is 105 cm³/mol. The van der Waals surface area contributed by atoms with E-state index in [0.29, 0.717) is 0 Å². The van der Waals surface area contributed by atoms with Crippen molar-refractivity contribution < 1.29 is 9.18 Å². The standard InChI is InChI=1S/C22H26FN3O/c23-19-8-10-20(11-9-19)24-14-16-25(17-15-24)21(18-6-2-1-3-7-18)22(27)26-12-4-5-13-26/h1-3,6-11,21H,4-5,12-17H2.